The summed E-state index contributed by atoms with van der Waals surface area (Å²) in [5.74, 6) is -0.852. The topological polar surface area (TPSA) is 78.9 Å². The summed E-state index contributed by atoms with van der Waals surface area (Å²) in [4.78, 5) is 38.2. The second-order valence-electron chi connectivity index (χ2n) is 20.6. The Kier molecular flexibility index (Phi) is 55.7. The molecule has 0 aromatic carbocycles. The number of esters is 3. The van der Waals surface area contributed by atoms with Crippen LogP contribution in [0.25, 0.3) is 0 Å². The second kappa shape index (κ2) is 57.5. The van der Waals surface area contributed by atoms with E-state index in [1.807, 2.05) is 0 Å². The van der Waals surface area contributed by atoms with Crippen molar-refractivity contribution < 1.29 is 28.6 Å². The standard InChI is InChI=1S/C62H116O6/c1-4-7-10-13-16-19-22-25-27-29-30-31-32-34-35-37-40-43-46-49-52-55-61(64)67-58-59(57-66-60(63)54-51-48-45-42-39-24-21-18-15-12-9-6-3)68-62(65)56-53-50-47-44-41-38-36-33-28-26-23-20-17-14-11-8-5-2/h25-28,59H,4-24,29-58H2,1-3H3/b27-25-,28-26-/t59-/m0/s1. The van der Waals surface area contributed by atoms with Crippen molar-refractivity contribution in [3.8, 4) is 0 Å². The Labute approximate surface area is 423 Å². The van der Waals surface area contributed by atoms with Gasteiger partial charge in [0.2, 0.25) is 0 Å². The van der Waals surface area contributed by atoms with E-state index in [1.165, 1.54) is 238 Å². The van der Waals surface area contributed by atoms with Gasteiger partial charge in [-0.25, -0.2) is 0 Å². The van der Waals surface area contributed by atoms with Crippen LogP contribution in [-0.2, 0) is 28.6 Å². The van der Waals surface area contributed by atoms with Gasteiger partial charge in [-0.3, -0.25) is 14.4 Å². The van der Waals surface area contributed by atoms with Gasteiger partial charge < -0.3 is 14.2 Å². The van der Waals surface area contributed by atoms with Gasteiger partial charge in [-0.2, -0.15) is 0 Å². The lowest BCUT2D eigenvalue weighted by Gasteiger charge is -2.18. The average molecular weight is 958 g/mol. The van der Waals surface area contributed by atoms with Crippen LogP contribution in [0.5, 0.6) is 0 Å². The number of carbonyl (C=O) groups excluding carboxylic acids is 3. The highest BCUT2D eigenvalue weighted by molar-refractivity contribution is 5.71. The first-order chi connectivity index (χ1) is 33.5. The molecule has 0 bridgehead atoms. The molecule has 0 rings (SSSR count). The largest absolute Gasteiger partial charge is 0.462 e. The summed E-state index contributed by atoms with van der Waals surface area (Å²) in [6.07, 6.45) is 67.4. The normalized spacial score (nSPS) is 12.1. The lowest BCUT2D eigenvalue weighted by Crippen LogP contribution is -2.30. The number of hydrogen-bond donors (Lipinski definition) is 0. The molecule has 68 heavy (non-hydrogen) atoms. The minimum Gasteiger partial charge on any atom is -0.462 e. The fourth-order valence-corrected chi connectivity index (χ4v) is 9.08. The Balaban J connectivity index is 4.28. The van der Waals surface area contributed by atoms with Crippen molar-refractivity contribution in [3.05, 3.63) is 24.3 Å². The van der Waals surface area contributed by atoms with E-state index < -0.39 is 6.10 Å². The van der Waals surface area contributed by atoms with Crippen molar-refractivity contribution in [1.82, 2.24) is 0 Å². The third kappa shape index (κ3) is 54.8. The first-order valence-corrected chi connectivity index (χ1v) is 30.3. The Bertz CT molecular complexity index is 1100. The van der Waals surface area contributed by atoms with E-state index >= 15 is 0 Å². The summed E-state index contributed by atoms with van der Waals surface area (Å²) in [5.41, 5.74) is 0. The highest BCUT2D eigenvalue weighted by Gasteiger charge is 2.19. The number of unbranched alkanes of at least 4 members (excludes halogenated alkanes) is 41. The molecular formula is C62H116O6. The maximum atomic E-state index is 12.9. The van der Waals surface area contributed by atoms with Crippen LogP contribution in [0, 0.1) is 0 Å². The Morgan fingerprint density at radius 1 is 0.279 bits per heavy atom. The molecule has 0 aromatic heterocycles. The Hall–Kier alpha value is -2.11. The van der Waals surface area contributed by atoms with Gasteiger partial charge in [0.05, 0.1) is 0 Å². The molecule has 0 heterocycles. The molecule has 0 aromatic rings. The summed E-state index contributed by atoms with van der Waals surface area (Å²) in [7, 11) is 0. The van der Waals surface area contributed by atoms with Gasteiger partial charge in [-0.1, -0.05) is 270 Å². The summed E-state index contributed by atoms with van der Waals surface area (Å²) in [6, 6.07) is 0. The summed E-state index contributed by atoms with van der Waals surface area (Å²) in [5, 5.41) is 0. The van der Waals surface area contributed by atoms with E-state index in [1.54, 1.807) is 0 Å². The molecule has 0 saturated carbocycles. The fraction of sp³-hybridized carbons (Fsp3) is 0.887. The summed E-state index contributed by atoms with van der Waals surface area (Å²) >= 11 is 0. The van der Waals surface area contributed by atoms with Crippen molar-refractivity contribution in [3.63, 3.8) is 0 Å². The highest BCUT2D eigenvalue weighted by atomic mass is 16.6. The van der Waals surface area contributed by atoms with Crippen LogP contribution >= 0.6 is 0 Å². The monoisotopic (exact) mass is 957 g/mol. The van der Waals surface area contributed by atoms with Crippen LogP contribution in [-0.4, -0.2) is 37.2 Å². The molecule has 6 nitrogen and oxygen atoms in total. The number of carbonyl (C=O) groups is 3. The SMILES string of the molecule is CCCCCCCC/C=C\CCCCCCCCCCCCCC(=O)OC[C@H](COC(=O)CCCCCCCCCCCCCC)OC(=O)CCCCCCCCC/C=C\CCCCCCCC. The van der Waals surface area contributed by atoms with Gasteiger partial charge in [0.15, 0.2) is 6.10 Å². The van der Waals surface area contributed by atoms with Crippen LogP contribution in [0.4, 0.5) is 0 Å². The molecule has 6 heteroatoms. The number of ether oxygens (including phenoxy) is 3. The van der Waals surface area contributed by atoms with Gasteiger partial charge in [-0.15, -0.1) is 0 Å². The van der Waals surface area contributed by atoms with Crippen molar-refractivity contribution >= 4 is 17.9 Å². The van der Waals surface area contributed by atoms with E-state index in [0.717, 1.165) is 57.8 Å². The third-order valence-corrected chi connectivity index (χ3v) is 13.7. The van der Waals surface area contributed by atoms with E-state index in [9.17, 15) is 14.4 Å². The molecule has 400 valence electrons. The molecule has 0 fully saturated rings. The lowest BCUT2D eigenvalue weighted by atomic mass is 10.0. The summed E-state index contributed by atoms with van der Waals surface area (Å²) < 4.78 is 16.9. The molecule has 0 aliphatic heterocycles. The Morgan fingerprint density at radius 2 is 0.485 bits per heavy atom. The van der Waals surface area contributed by atoms with Crippen molar-refractivity contribution in [2.75, 3.05) is 13.2 Å². The second-order valence-corrected chi connectivity index (χ2v) is 20.6. The predicted octanol–water partition coefficient (Wildman–Crippen LogP) is 20.3. The molecule has 0 aliphatic carbocycles. The van der Waals surface area contributed by atoms with E-state index in [2.05, 4.69) is 45.1 Å². The van der Waals surface area contributed by atoms with Gasteiger partial charge in [0.1, 0.15) is 13.2 Å². The maximum absolute atomic E-state index is 12.9. The maximum Gasteiger partial charge on any atom is 0.306 e. The van der Waals surface area contributed by atoms with Crippen molar-refractivity contribution in [2.45, 2.75) is 341 Å². The fourth-order valence-electron chi connectivity index (χ4n) is 9.08. The van der Waals surface area contributed by atoms with Crippen LogP contribution in [0.2, 0.25) is 0 Å². The van der Waals surface area contributed by atoms with E-state index in [-0.39, 0.29) is 31.1 Å². The number of rotatable bonds is 56. The smallest absolute Gasteiger partial charge is 0.306 e. The molecular weight excluding hydrogens is 841 g/mol. The zero-order valence-corrected chi connectivity index (χ0v) is 45.9. The van der Waals surface area contributed by atoms with Crippen LogP contribution < -0.4 is 0 Å². The molecule has 0 spiro atoms. The number of hydrogen-bond acceptors (Lipinski definition) is 6. The zero-order valence-electron chi connectivity index (χ0n) is 45.9. The zero-order chi connectivity index (χ0) is 49.3. The first kappa shape index (κ1) is 65.9. The molecule has 0 radical (unpaired) electrons. The molecule has 0 aliphatic rings. The molecule has 0 unspecified atom stereocenters. The van der Waals surface area contributed by atoms with Gasteiger partial charge >= 0.3 is 17.9 Å². The van der Waals surface area contributed by atoms with Gasteiger partial charge in [0, 0.05) is 19.3 Å². The molecule has 0 saturated heterocycles. The quantitative estimate of drug-likeness (QED) is 0.0262. The summed E-state index contributed by atoms with van der Waals surface area (Å²) in [6.45, 7) is 6.68. The molecule has 0 N–H and O–H groups in total. The average Bonchev–Trinajstić information content (AvgIpc) is 3.34. The highest BCUT2D eigenvalue weighted by Crippen LogP contribution is 2.17. The minimum atomic E-state index is -0.770. The first-order valence-electron chi connectivity index (χ1n) is 30.3. The van der Waals surface area contributed by atoms with Crippen molar-refractivity contribution in [1.29, 1.82) is 0 Å². The Morgan fingerprint density at radius 3 is 0.735 bits per heavy atom. The minimum absolute atomic E-state index is 0.0684. The third-order valence-electron chi connectivity index (χ3n) is 13.7. The molecule has 1 atom stereocenters. The van der Waals surface area contributed by atoms with Crippen molar-refractivity contribution in [2.24, 2.45) is 0 Å². The predicted molar refractivity (Wildman–Crippen MR) is 293 cm³/mol. The van der Waals surface area contributed by atoms with Gasteiger partial charge in [0.25, 0.3) is 0 Å². The van der Waals surface area contributed by atoms with Gasteiger partial charge in [-0.05, 0) is 70.6 Å². The van der Waals surface area contributed by atoms with Crippen LogP contribution in [0.3, 0.4) is 0 Å². The number of allylic oxidation sites excluding steroid dienone is 4. The van der Waals surface area contributed by atoms with Crippen LogP contribution in [0.15, 0.2) is 24.3 Å². The van der Waals surface area contributed by atoms with E-state index in [4.69, 9.17) is 14.2 Å². The van der Waals surface area contributed by atoms with E-state index in [0.29, 0.717) is 19.3 Å². The van der Waals surface area contributed by atoms with Crippen LogP contribution in [0.1, 0.15) is 335 Å². The lowest BCUT2D eigenvalue weighted by molar-refractivity contribution is -0.167. The molecule has 0 amide bonds.